The molecule has 1 aromatic carbocycles. The molecular formula is C10H14N2. The van der Waals surface area contributed by atoms with Gasteiger partial charge in [-0.25, -0.2) is 0 Å². The Balaban J connectivity index is 2.65. The highest BCUT2D eigenvalue weighted by atomic mass is 14.7. The van der Waals surface area contributed by atoms with Gasteiger partial charge in [0.15, 0.2) is 0 Å². The van der Waals surface area contributed by atoms with Gasteiger partial charge in [-0.3, -0.25) is 5.41 Å². The van der Waals surface area contributed by atoms with Crippen molar-refractivity contribution in [2.45, 2.75) is 19.3 Å². The van der Waals surface area contributed by atoms with Crippen LogP contribution in [0.15, 0.2) is 30.3 Å². The normalized spacial score (nSPS) is 12.4. The van der Waals surface area contributed by atoms with Gasteiger partial charge in [-0.1, -0.05) is 37.3 Å². The van der Waals surface area contributed by atoms with Crippen molar-refractivity contribution in [2.75, 3.05) is 0 Å². The second-order valence-electron chi connectivity index (χ2n) is 3.04. The lowest BCUT2D eigenvalue weighted by atomic mass is 9.98. The molecule has 0 amide bonds. The average molecular weight is 162 g/mol. The van der Waals surface area contributed by atoms with E-state index in [0.29, 0.717) is 12.3 Å². The zero-order chi connectivity index (χ0) is 8.97. The highest BCUT2D eigenvalue weighted by molar-refractivity contribution is 5.77. The van der Waals surface area contributed by atoms with Gasteiger partial charge in [0, 0.05) is 6.42 Å². The summed E-state index contributed by atoms with van der Waals surface area (Å²) in [6, 6.07) is 10.1. The van der Waals surface area contributed by atoms with E-state index in [1.807, 2.05) is 18.2 Å². The second kappa shape index (κ2) is 3.90. The molecule has 3 N–H and O–H groups in total. The molecule has 1 rings (SSSR count). The lowest BCUT2D eigenvalue weighted by Crippen LogP contribution is -2.12. The lowest BCUT2D eigenvalue weighted by molar-refractivity contribution is 0.797. The van der Waals surface area contributed by atoms with E-state index in [4.69, 9.17) is 11.1 Å². The molecule has 0 heterocycles. The molecule has 2 nitrogen and oxygen atoms in total. The summed E-state index contributed by atoms with van der Waals surface area (Å²) in [6.07, 6.45) is 0.643. The number of hydrogen-bond donors (Lipinski definition) is 2. The van der Waals surface area contributed by atoms with Crippen molar-refractivity contribution in [1.82, 2.24) is 0 Å². The van der Waals surface area contributed by atoms with Crippen LogP contribution in [0, 0.1) is 5.41 Å². The van der Waals surface area contributed by atoms with Crippen molar-refractivity contribution in [2.24, 2.45) is 5.73 Å². The molecule has 0 aliphatic carbocycles. The van der Waals surface area contributed by atoms with E-state index in [1.54, 1.807) is 0 Å². The third-order valence-electron chi connectivity index (χ3n) is 1.89. The van der Waals surface area contributed by atoms with E-state index in [1.165, 1.54) is 5.56 Å². The van der Waals surface area contributed by atoms with Gasteiger partial charge in [-0.05, 0) is 11.5 Å². The predicted octanol–water partition coefficient (Wildman–Crippen LogP) is 2.12. The summed E-state index contributed by atoms with van der Waals surface area (Å²) >= 11 is 0. The smallest absolute Gasteiger partial charge is 0.0911 e. The molecule has 64 valence electrons. The summed E-state index contributed by atoms with van der Waals surface area (Å²) < 4.78 is 0. The summed E-state index contributed by atoms with van der Waals surface area (Å²) in [5.41, 5.74) is 6.56. The Kier molecular flexibility index (Phi) is 2.86. The Labute approximate surface area is 72.9 Å². The monoisotopic (exact) mass is 162 g/mol. The standard InChI is InChI=1S/C10H14N2/c1-8(7-10(11)12)9-5-3-2-4-6-9/h2-6,8H,7H2,1H3,(H3,11,12). The molecule has 2 heteroatoms. The van der Waals surface area contributed by atoms with Gasteiger partial charge in [-0.15, -0.1) is 0 Å². The Bertz CT molecular complexity index is 254. The maximum absolute atomic E-state index is 7.15. The summed E-state index contributed by atoms with van der Waals surface area (Å²) in [4.78, 5) is 0. The van der Waals surface area contributed by atoms with Crippen molar-refractivity contribution < 1.29 is 0 Å². The molecule has 1 unspecified atom stereocenters. The fraction of sp³-hybridized carbons (Fsp3) is 0.300. The zero-order valence-electron chi connectivity index (χ0n) is 7.25. The van der Waals surface area contributed by atoms with Gasteiger partial charge in [0.1, 0.15) is 0 Å². The minimum Gasteiger partial charge on any atom is -0.388 e. The Morgan fingerprint density at radius 2 is 2.00 bits per heavy atom. The van der Waals surface area contributed by atoms with E-state index >= 15 is 0 Å². The quantitative estimate of drug-likeness (QED) is 0.519. The van der Waals surface area contributed by atoms with Crippen LogP contribution >= 0.6 is 0 Å². The molecule has 1 atom stereocenters. The minimum absolute atomic E-state index is 0.256. The van der Waals surface area contributed by atoms with Crippen molar-refractivity contribution in [3.8, 4) is 0 Å². The molecular weight excluding hydrogens is 148 g/mol. The van der Waals surface area contributed by atoms with E-state index in [2.05, 4.69) is 19.1 Å². The van der Waals surface area contributed by atoms with Gasteiger partial charge in [0.05, 0.1) is 5.84 Å². The van der Waals surface area contributed by atoms with Crippen LogP contribution in [0.1, 0.15) is 24.8 Å². The van der Waals surface area contributed by atoms with Crippen molar-refractivity contribution >= 4 is 5.84 Å². The minimum atomic E-state index is 0.256. The molecule has 0 bridgehead atoms. The van der Waals surface area contributed by atoms with E-state index in [-0.39, 0.29) is 5.84 Å². The number of benzene rings is 1. The summed E-state index contributed by atoms with van der Waals surface area (Å²) in [7, 11) is 0. The Morgan fingerprint density at radius 1 is 1.42 bits per heavy atom. The molecule has 0 fully saturated rings. The molecule has 0 saturated carbocycles. The molecule has 0 saturated heterocycles. The van der Waals surface area contributed by atoms with Crippen LogP contribution in [-0.2, 0) is 0 Å². The molecule has 0 aromatic heterocycles. The molecule has 0 radical (unpaired) electrons. The first kappa shape index (κ1) is 8.78. The number of nitrogens with one attached hydrogen (secondary N) is 1. The van der Waals surface area contributed by atoms with Gasteiger partial charge in [-0.2, -0.15) is 0 Å². The Hall–Kier alpha value is -1.31. The summed E-state index contributed by atoms with van der Waals surface area (Å²) in [5, 5.41) is 7.15. The molecule has 1 aromatic rings. The largest absolute Gasteiger partial charge is 0.388 e. The van der Waals surface area contributed by atoms with Gasteiger partial charge < -0.3 is 5.73 Å². The number of hydrogen-bond acceptors (Lipinski definition) is 1. The third kappa shape index (κ3) is 2.38. The van der Waals surface area contributed by atoms with E-state index in [0.717, 1.165) is 0 Å². The van der Waals surface area contributed by atoms with Gasteiger partial charge in [0.25, 0.3) is 0 Å². The molecule has 0 aliphatic rings. The first-order valence-electron chi connectivity index (χ1n) is 4.08. The number of nitrogens with two attached hydrogens (primary N) is 1. The fourth-order valence-corrected chi connectivity index (χ4v) is 1.23. The highest BCUT2D eigenvalue weighted by Crippen LogP contribution is 2.17. The molecule has 0 spiro atoms. The van der Waals surface area contributed by atoms with Crippen LogP contribution in [0.3, 0.4) is 0 Å². The molecule has 12 heavy (non-hydrogen) atoms. The average Bonchev–Trinajstić information content (AvgIpc) is 2.05. The Morgan fingerprint density at radius 3 is 2.50 bits per heavy atom. The van der Waals surface area contributed by atoms with Crippen LogP contribution in [0.5, 0.6) is 0 Å². The topological polar surface area (TPSA) is 49.9 Å². The SMILES string of the molecule is CC(CC(=N)N)c1ccccc1. The van der Waals surface area contributed by atoms with Crippen LogP contribution in [-0.4, -0.2) is 5.84 Å². The maximum atomic E-state index is 7.15. The van der Waals surface area contributed by atoms with Crippen LogP contribution < -0.4 is 5.73 Å². The van der Waals surface area contributed by atoms with E-state index in [9.17, 15) is 0 Å². The molecule has 0 aliphatic heterocycles. The highest BCUT2D eigenvalue weighted by Gasteiger charge is 2.04. The first-order valence-corrected chi connectivity index (χ1v) is 4.08. The number of rotatable bonds is 3. The van der Waals surface area contributed by atoms with Crippen molar-refractivity contribution in [3.05, 3.63) is 35.9 Å². The van der Waals surface area contributed by atoms with Crippen molar-refractivity contribution in [3.63, 3.8) is 0 Å². The van der Waals surface area contributed by atoms with Crippen molar-refractivity contribution in [1.29, 1.82) is 5.41 Å². The van der Waals surface area contributed by atoms with Crippen LogP contribution in [0.25, 0.3) is 0 Å². The van der Waals surface area contributed by atoms with Crippen LogP contribution in [0.2, 0.25) is 0 Å². The van der Waals surface area contributed by atoms with Gasteiger partial charge >= 0.3 is 0 Å². The fourth-order valence-electron chi connectivity index (χ4n) is 1.23. The predicted molar refractivity (Wildman–Crippen MR) is 51.4 cm³/mol. The number of amidine groups is 1. The third-order valence-corrected chi connectivity index (χ3v) is 1.89. The second-order valence-corrected chi connectivity index (χ2v) is 3.04. The van der Waals surface area contributed by atoms with Crippen LogP contribution in [0.4, 0.5) is 0 Å². The maximum Gasteiger partial charge on any atom is 0.0911 e. The summed E-state index contributed by atoms with van der Waals surface area (Å²) in [6.45, 7) is 2.08. The zero-order valence-corrected chi connectivity index (χ0v) is 7.25. The summed E-state index contributed by atoms with van der Waals surface area (Å²) in [5.74, 6) is 0.607. The first-order chi connectivity index (χ1) is 5.70. The van der Waals surface area contributed by atoms with E-state index < -0.39 is 0 Å². The lowest BCUT2D eigenvalue weighted by Gasteiger charge is -2.09. The van der Waals surface area contributed by atoms with Gasteiger partial charge in [0.2, 0.25) is 0 Å².